The third kappa shape index (κ3) is 6.97. The van der Waals surface area contributed by atoms with Crippen LogP contribution in [0.4, 0.5) is 0 Å². The highest BCUT2D eigenvalue weighted by Crippen LogP contribution is 2.55. The summed E-state index contributed by atoms with van der Waals surface area (Å²) in [5.74, 6) is 5.64. The lowest BCUT2D eigenvalue weighted by Crippen LogP contribution is -2.42. The second-order valence-electron chi connectivity index (χ2n) is 20.0. The normalized spacial score (nSPS) is 29.2. The van der Waals surface area contributed by atoms with Gasteiger partial charge in [0.05, 0.1) is 23.0 Å². The van der Waals surface area contributed by atoms with Crippen molar-refractivity contribution in [3.63, 3.8) is 0 Å². The summed E-state index contributed by atoms with van der Waals surface area (Å²) >= 11 is 0. The lowest BCUT2D eigenvalue weighted by atomic mass is 9.54. The Bertz CT molecular complexity index is 2360. The van der Waals surface area contributed by atoms with Crippen molar-refractivity contribution in [3.05, 3.63) is 132 Å². The Morgan fingerprint density at radius 2 is 0.862 bits per heavy atom. The molecule has 0 N–H and O–H groups in total. The van der Waals surface area contributed by atoms with Crippen LogP contribution in [0.25, 0.3) is 55.8 Å². The van der Waals surface area contributed by atoms with E-state index in [0.717, 1.165) is 91.3 Å². The lowest BCUT2D eigenvalue weighted by Gasteiger charge is -2.50. The van der Waals surface area contributed by atoms with E-state index in [9.17, 15) is 5.26 Å². The molecule has 4 bridgehead atoms. The summed E-state index contributed by atoms with van der Waals surface area (Å²) in [6.07, 6.45) is 13.5. The van der Waals surface area contributed by atoms with Crippen LogP contribution < -0.4 is 0 Å². The highest BCUT2D eigenvalue weighted by molar-refractivity contribution is 5.88. The van der Waals surface area contributed by atoms with Crippen LogP contribution in [0.3, 0.4) is 0 Å². The van der Waals surface area contributed by atoms with E-state index in [0.29, 0.717) is 16.4 Å². The van der Waals surface area contributed by atoms with Crippen molar-refractivity contribution in [3.8, 4) is 51.1 Å². The molecule has 292 valence electrons. The minimum absolute atomic E-state index is 0.306. The molecule has 0 spiro atoms. The molecule has 1 heterocycles. The Morgan fingerprint density at radius 1 is 0.448 bits per heavy atom. The molecule has 3 nitrogen and oxygen atoms in total. The second kappa shape index (κ2) is 14.6. The zero-order valence-electron chi connectivity index (χ0n) is 34.8. The molecule has 0 amide bonds. The van der Waals surface area contributed by atoms with E-state index in [1.807, 2.05) is 18.2 Å². The molecule has 2 unspecified atom stereocenters. The van der Waals surface area contributed by atoms with Crippen molar-refractivity contribution in [2.24, 2.45) is 35.5 Å². The summed E-state index contributed by atoms with van der Waals surface area (Å²) in [5.41, 5.74) is 11.9. The van der Waals surface area contributed by atoms with Gasteiger partial charge in [0.1, 0.15) is 0 Å². The van der Waals surface area contributed by atoms with Gasteiger partial charge >= 0.3 is 0 Å². The van der Waals surface area contributed by atoms with Crippen molar-refractivity contribution < 1.29 is 0 Å². The van der Waals surface area contributed by atoms with Crippen LogP contribution in [-0.2, 0) is 10.8 Å². The molecule has 1 aromatic heterocycles. The van der Waals surface area contributed by atoms with Crippen molar-refractivity contribution in [1.82, 2.24) is 9.97 Å². The van der Waals surface area contributed by atoms with Gasteiger partial charge in [-0.05, 0) is 168 Å². The molecule has 4 aliphatic rings. The van der Waals surface area contributed by atoms with Crippen molar-refractivity contribution >= 4 is 10.8 Å². The molecule has 0 aliphatic heterocycles. The predicted octanol–water partition coefficient (Wildman–Crippen LogP) is 14.4. The van der Waals surface area contributed by atoms with Gasteiger partial charge in [-0.2, -0.15) is 5.26 Å². The number of fused-ring (bicyclic) bond motifs is 5. The molecular formula is C55H57N3. The number of benzene rings is 5. The Kier molecular flexibility index (Phi) is 9.39. The van der Waals surface area contributed by atoms with E-state index < -0.39 is 0 Å². The molecule has 0 radical (unpaired) electrons. The molecule has 58 heavy (non-hydrogen) atoms. The molecule has 3 heteroatoms. The monoisotopic (exact) mass is 759 g/mol. The Hall–Kier alpha value is -5.07. The summed E-state index contributed by atoms with van der Waals surface area (Å²) in [6.45, 7) is 9.90. The largest absolute Gasteiger partial charge is 0.228 e. The van der Waals surface area contributed by atoms with Gasteiger partial charge in [-0.25, -0.2) is 9.97 Å². The van der Waals surface area contributed by atoms with Gasteiger partial charge in [-0.3, -0.25) is 0 Å². The van der Waals surface area contributed by atoms with Crippen molar-refractivity contribution in [1.29, 1.82) is 5.26 Å². The molecule has 0 saturated heterocycles. The van der Waals surface area contributed by atoms with Crippen LogP contribution in [0.5, 0.6) is 0 Å². The number of rotatable bonds is 6. The maximum atomic E-state index is 9.36. The van der Waals surface area contributed by atoms with E-state index >= 15 is 0 Å². The fourth-order valence-electron chi connectivity index (χ4n) is 13.3. The molecule has 4 aliphatic carbocycles. The van der Waals surface area contributed by atoms with E-state index in [-0.39, 0.29) is 0 Å². The molecule has 4 saturated carbocycles. The summed E-state index contributed by atoms with van der Waals surface area (Å²) in [5, 5.41) is 11.6. The number of nitriles is 1. The van der Waals surface area contributed by atoms with E-state index in [2.05, 4.69) is 131 Å². The minimum atomic E-state index is 0.306. The van der Waals surface area contributed by atoms with Crippen LogP contribution >= 0.6 is 0 Å². The van der Waals surface area contributed by atoms with Crippen molar-refractivity contribution in [2.45, 2.75) is 103 Å². The Morgan fingerprint density at radius 3 is 1.34 bits per heavy atom. The minimum Gasteiger partial charge on any atom is -0.228 e. The quantitative estimate of drug-likeness (QED) is 0.170. The zero-order chi connectivity index (χ0) is 39.6. The number of aromatic nitrogens is 2. The van der Waals surface area contributed by atoms with Crippen LogP contribution in [0.1, 0.15) is 109 Å². The number of hydrogen-bond acceptors (Lipinski definition) is 3. The van der Waals surface area contributed by atoms with Gasteiger partial charge < -0.3 is 0 Å². The van der Waals surface area contributed by atoms with Gasteiger partial charge in [-0.15, -0.1) is 0 Å². The zero-order valence-corrected chi connectivity index (χ0v) is 34.8. The third-order valence-electron chi connectivity index (χ3n) is 15.0. The topological polar surface area (TPSA) is 49.6 Å². The SMILES string of the molecule is C[C@@H]1C[C@@H]2C[C@H](C)CC(c3ccc(-c4cc(-c5ccc(C67C[C@H](C)C[C@H](C[C@H](C)C6)C7)cc5)nc(-c5ccc(-c6ccc7cc(C#N)ccc7c6)cc5)n4)cc3)(C1)C2. The second-order valence-corrected chi connectivity index (χ2v) is 20.0. The van der Waals surface area contributed by atoms with Gasteiger partial charge in [0.25, 0.3) is 0 Å². The van der Waals surface area contributed by atoms with Gasteiger partial charge in [-0.1, -0.05) is 119 Å². The maximum Gasteiger partial charge on any atom is 0.160 e. The van der Waals surface area contributed by atoms with Gasteiger partial charge in [0.15, 0.2) is 5.82 Å². The van der Waals surface area contributed by atoms with Gasteiger partial charge in [0, 0.05) is 16.7 Å². The lowest BCUT2D eigenvalue weighted by molar-refractivity contribution is 0.0779. The first-order valence-corrected chi connectivity index (χ1v) is 22.3. The number of hydrogen-bond donors (Lipinski definition) is 0. The molecule has 10 rings (SSSR count). The van der Waals surface area contributed by atoms with E-state index in [4.69, 9.17) is 9.97 Å². The van der Waals surface area contributed by atoms with Gasteiger partial charge in [0.2, 0.25) is 0 Å². The smallest absolute Gasteiger partial charge is 0.160 e. The first kappa shape index (κ1) is 37.2. The molecule has 6 aromatic rings. The highest BCUT2D eigenvalue weighted by Gasteiger charge is 2.46. The van der Waals surface area contributed by atoms with Crippen molar-refractivity contribution in [2.75, 3.05) is 0 Å². The summed E-state index contributed by atoms with van der Waals surface area (Å²) in [6, 6.07) is 44.6. The predicted molar refractivity (Wildman–Crippen MR) is 239 cm³/mol. The molecule has 5 aromatic carbocycles. The summed E-state index contributed by atoms with van der Waals surface area (Å²) in [4.78, 5) is 10.6. The average molecular weight is 760 g/mol. The van der Waals surface area contributed by atoms with Crippen LogP contribution in [-0.4, -0.2) is 9.97 Å². The first-order valence-electron chi connectivity index (χ1n) is 22.3. The summed E-state index contributed by atoms with van der Waals surface area (Å²) in [7, 11) is 0. The first-order chi connectivity index (χ1) is 28.1. The molecule has 4 fully saturated rings. The van der Waals surface area contributed by atoms with Crippen LogP contribution in [0, 0.1) is 46.8 Å². The fourth-order valence-corrected chi connectivity index (χ4v) is 13.3. The maximum absolute atomic E-state index is 9.36. The standard InChI is InChI=1S/C55H57N3/c1-35-21-40-22-36(2)29-54(28-35,32-40)49-17-13-43(14-18-49)51-27-52(44-15-19-50(20-16-44)55-30-37(3)23-41(33-55)24-38(4)31-55)58-53(57-51)45-9-7-42(8-10-45)47-12-11-46-25-39(34-56)5-6-48(46)26-47/h5-20,25-27,35-38,40-41H,21-24,28-33H2,1-4H3/t35-,36+,37-,38+,40-,41-,54?,55?. The van der Waals surface area contributed by atoms with E-state index in [1.54, 1.807) is 0 Å². The summed E-state index contributed by atoms with van der Waals surface area (Å²) < 4.78 is 0. The van der Waals surface area contributed by atoms with Crippen LogP contribution in [0.15, 0.2) is 115 Å². The number of nitrogens with zero attached hydrogens (tertiary/aromatic N) is 3. The fraction of sp³-hybridized carbons (Fsp3) is 0.400. The van der Waals surface area contributed by atoms with Crippen LogP contribution in [0.2, 0.25) is 0 Å². The Balaban J connectivity index is 1.01. The highest BCUT2D eigenvalue weighted by atomic mass is 14.9. The molecular weight excluding hydrogens is 703 g/mol. The average Bonchev–Trinajstić information content (AvgIpc) is 3.22. The van der Waals surface area contributed by atoms with E-state index in [1.165, 1.54) is 75.3 Å². The Labute approximate surface area is 346 Å². The third-order valence-corrected chi connectivity index (χ3v) is 15.0. The molecule has 8 atom stereocenters.